The number of anilines is 1. The number of halogens is 2. The molecule has 0 atom stereocenters. The Morgan fingerprint density at radius 1 is 1.43 bits per heavy atom. The lowest BCUT2D eigenvalue weighted by molar-refractivity contribution is -0.118. The summed E-state index contributed by atoms with van der Waals surface area (Å²) >= 11 is 3.17. The number of carbonyl (C=O) groups excluding carboxylic acids is 1. The van der Waals surface area contributed by atoms with Gasteiger partial charge in [0.1, 0.15) is 5.82 Å². The van der Waals surface area contributed by atoms with E-state index >= 15 is 0 Å². The molecule has 1 aromatic carbocycles. The summed E-state index contributed by atoms with van der Waals surface area (Å²) in [7, 11) is 0. The molecule has 4 nitrogen and oxygen atoms in total. The molecule has 0 aliphatic rings. The summed E-state index contributed by atoms with van der Waals surface area (Å²) in [6, 6.07) is 4.73. The number of carbonyl (C=O) groups is 1. The number of hydrogen-bond donors (Lipinski definition) is 2. The van der Waals surface area contributed by atoms with Gasteiger partial charge in [0, 0.05) is 17.1 Å². The summed E-state index contributed by atoms with van der Waals surface area (Å²) < 4.78 is 14.3. The minimum Gasteiger partial charge on any atom is -0.395 e. The molecular weight excluding hydrogens is 339 g/mol. The average molecular weight is 361 g/mol. The molecule has 0 saturated heterocycles. The highest BCUT2D eigenvalue weighted by Gasteiger charge is 2.18. The number of aliphatic hydroxyl groups excluding tert-OH is 1. The first-order valence-corrected chi connectivity index (χ1v) is 7.90. The van der Waals surface area contributed by atoms with Gasteiger partial charge in [0.05, 0.1) is 18.8 Å². The zero-order chi connectivity index (χ0) is 15.8. The predicted octanol–water partition coefficient (Wildman–Crippen LogP) is 3.01. The van der Waals surface area contributed by atoms with Gasteiger partial charge in [-0.05, 0) is 31.0 Å². The summed E-state index contributed by atoms with van der Waals surface area (Å²) in [6.45, 7) is 4.66. The first kappa shape index (κ1) is 18.1. The Hall–Kier alpha value is -0.980. The van der Waals surface area contributed by atoms with Gasteiger partial charge >= 0.3 is 0 Å². The first-order valence-electron chi connectivity index (χ1n) is 7.11. The molecule has 0 unspecified atom stereocenters. The van der Waals surface area contributed by atoms with E-state index in [4.69, 9.17) is 5.11 Å². The lowest BCUT2D eigenvalue weighted by Gasteiger charge is -2.29. The van der Waals surface area contributed by atoms with Crippen LogP contribution in [0.5, 0.6) is 0 Å². The minimum absolute atomic E-state index is 0.00355. The lowest BCUT2D eigenvalue weighted by atomic mass is 10.1. The maximum absolute atomic E-state index is 13.7. The number of rotatable bonds is 8. The van der Waals surface area contributed by atoms with Crippen LogP contribution in [0.3, 0.4) is 0 Å². The van der Waals surface area contributed by atoms with Crippen LogP contribution < -0.4 is 5.32 Å². The molecule has 0 aliphatic heterocycles. The van der Waals surface area contributed by atoms with Crippen molar-refractivity contribution in [2.45, 2.75) is 32.7 Å². The number of benzene rings is 1. The summed E-state index contributed by atoms with van der Waals surface area (Å²) in [4.78, 5) is 14.0. The third-order valence-electron chi connectivity index (χ3n) is 3.40. The van der Waals surface area contributed by atoms with Crippen LogP contribution in [0.25, 0.3) is 0 Å². The monoisotopic (exact) mass is 360 g/mol. The molecule has 0 bridgehead atoms. The molecule has 1 amide bonds. The van der Waals surface area contributed by atoms with E-state index in [1.807, 2.05) is 18.7 Å². The number of aliphatic hydroxyl groups is 1. The van der Waals surface area contributed by atoms with E-state index in [-0.39, 0.29) is 30.8 Å². The van der Waals surface area contributed by atoms with E-state index in [0.29, 0.717) is 11.0 Å². The second kappa shape index (κ2) is 9.12. The quantitative estimate of drug-likeness (QED) is 0.749. The Labute approximate surface area is 133 Å². The van der Waals surface area contributed by atoms with E-state index in [1.54, 1.807) is 6.07 Å². The fourth-order valence-corrected chi connectivity index (χ4v) is 2.62. The van der Waals surface area contributed by atoms with Crippen LogP contribution in [0.15, 0.2) is 22.7 Å². The highest BCUT2D eigenvalue weighted by atomic mass is 79.9. The van der Waals surface area contributed by atoms with Crippen molar-refractivity contribution in [3.05, 3.63) is 28.5 Å². The first-order chi connectivity index (χ1) is 10.0. The van der Waals surface area contributed by atoms with Gasteiger partial charge in [0.25, 0.3) is 0 Å². The lowest BCUT2D eigenvalue weighted by Crippen LogP contribution is -2.42. The van der Waals surface area contributed by atoms with Crippen molar-refractivity contribution >= 4 is 27.5 Å². The Morgan fingerprint density at radius 3 is 2.62 bits per heavy atom. The van der Waals surface area contributed by atoms with Crippen molar-refractivity contribution in [3.8, 4) is 0 Å². The smallest absolute Gasteiger partial charge is 0.238 e. The maximum Gasteiger partial charge on any atom is 0.238 e. The fourth-order valence-electron chi connectivity index (χ4n) is 2.29. The van der Waals surface area contributed by atoms with Gasteiger partial charge in [-0.3, -0.25) is 9.69 Å². The molecule has 1 aromatic rings. The van der Waals surface area contributed by atoms with Crippen molar-refractivity contribution < 1.29 is 14.3 Å². The van der Waals surface area contributed by atoms with Crippen LogP contribution in [0.2, 0.25) is 0 Å². The fraction of sp³-hybridized carbons (Fsp3) is 0.533. The summed E-state index contributed by atoms with van der Waals surface area (Å²) in [5.41, 5.74) is 0.164. The molecule has 21 heavy (non-hydrogen) atoms. The van der Waals surface area contributed by atoms with Gasteiger partial charge in [-0.25, -0.2) is 4.39 Å². The maximum atomic E-state index is 13.7. The van der Waals surface area contributed by atoms with Gasteiger partial charge in [-0.15, -0.1) is 0 Å². The molecule has 0 aliphatic carbocycles. The number of nitrogens with zero attached hydrogens (tertiary/aromatic N) is 1. The molecule has 0 aromatic heterocycles. The van der Waals surface area contributed by atoms with Gasteiger partial charge in [0.2, 0.25) is 5.91 Å². The Kier molecular flexibility index (Phi) is 7.85. The molecule has 1 rings (SSSR count). The standard InChI is InChI=1S/C15H22BrFN2O2/c1-3-12(4-2)19(7-8-20)10-15(21)18-14-6-5-11(16)9-13(14)17/h5-6,9,12,20H,3-4,7-8,10H2,1-2H3,(H,18,21). The van der Waals surface area contributed by atoms with Crippen LogP contribution >= 0.6 is 15.9 Å². The molecule has 0 radical (unpaired) electrons. The van der Waals surface area contributed by atoms with E-state index in [1.165, 1.54) is 12.1 Å². The highest BCUT2D eigenvalue weighted by molar-refractivity contribution is 9.10. The van der Waals surface area contributed by atoms with Crippen LogP contribution in [0.1, 0.15) is 26.7 Å². The third-order valence-corrected chi connectivity index (χ3v) is 3.89. The van der Waals surface area contributed by atoms with Gasteiger partial charge in [-0.1, -0.05) is 29.8 Å². The van der Waals surface area contributed by atoms with Crippen LogP contribution in [-0.2, 0) is 4.79 Å². The number of nitrogens with one attached hydrogen (secondary N) is 1. The van der Waals surface area contributed by atoms with Gasteiger partial charge < -0.3 is 10.4 Å². The summed E-state index contributed by atoms with van der Waals surface area (Å²) in [5.74, 6) is -0.759. The van der Waals surface area contributed by atoms with E-state index in [2.05, 4.69) is 21.2 Å². The molecule has 0 fully saturated rings. The largest absolute Gasteiger partial charge is 0.395 e. The van der Waals surface area contributed by atoms with Crippen LogP contribution in [-0.4, -0.2) is 41.7 Å². The normalized spacial score (nSPS) is 11.2. The molecule has 0 heterocycles. The second-order valence-electron chi connectivity index (χ2n) is 4.84. The molecular formula is C15H22BrFN2O2. The molecule has 2 N–H and O–H groups in total. The number of amides is 1. The zero-order valence-electron chi connectivity index (χ0n) is 12.4. The summed E-state index contributed by atoms with van der Waals surface area (Å²) in [6.07, 6.45) is 1.80. The SMILES string of the molecule is CCC(CC)N(CCO)CC(=O)Nc1ccc(Br)cc1F. The molecule has 0 saturated carbocycles. The van der Waals surface area contributed by atoms with Crippen molar-refractivity contribution in [1.29, 1.82) is 0 Å². The van der Waals surface area contributed by atoms with E-state index in [0.717, 1.165) is 12.8 Å². The predicted molar refractivity (Wildman–Crippen MR) is 85.8 cm³/mol. The van der Waals surface area contributed by atoms with Crippen LogP contribution in [0, 0.1) is 5.82 Å². The highest BCUT2D eigenvalue weighted by Crippen LogP contribution is 2.19. The van der Waals surface area contributed by atoms with Gasteiger partial charge in [-0.2, -0.15) is 0 Å². The minimum atomic E-state index is -0.478. The molecule has 118 valence electrons. The van der Waals surface area contributed by atoms with Crippen molar-refractivity contribution in [2.75, 3.05) is 25.0 Å². The van der Waals surface area contributed by atoms with Crippen LogP contribution in [0.4, 0.5) is 10.1 Å². The molecule has 0 spiro atoms. The molecule has 6 heteroatoms. The average Bonchev–Trinajstić information content (AvgIpc) is 2.43. The Morgan fingerprint density at radius 2 is 2.10 bits per heavy atom. The Bertz CT molecular complexity index is 467. The van der Waals surface area contributed by atoms with Crippen molar-refractivity contribution in [1.82, 2.24) is 4.90 Å². The topological polar surface area (TPSA) is 52.6 Å². The van der Waals surface area contributed by atoms with Gasteiger partial charge in [0.15, 0.2) is 0 Å². The summed E-state index contributed by atoms with van der Waals surface area (Å²) in [5, 5.41) is 11.7. The van der Waals surface area contributed by atoms with Crippen molar-refractivity contribution in [2.24, 2.45) is 0 Å². The van der Waals surface area contributed by atoms with E-state index < -0.39 is 5.82 Å². The third kappa shape index (κ3) is 5.73. The van der Waals surface area contributed by atoms with E-state index in [9.17, 15) is 9.18 Å². The zero-order valence-corrected chi connectivity index (χ0v) is 14.0. The second-order valence-corrected chi connectivity index (χ2v) is 5.75. The number of hydrogen-bond acceptors (Lipinski definition) is 3. The van der Waals surface area contributed by atoms with Crippen molar-refractivity contribution in [3.63, 3.8) is 0 Å². The Balaban J connectivity index is 2.69.